The van der Waals surface area contributed by atoms with Crippen molar-refractivity contribution in [3.8, 4) is 0 Å². The van der Waals surface area contributed by atoms with Crippen molar-refractivity contribution in [2.75, 3.05) is 60.6 Å². The van der Waals surface area contributed by atoms with Gasteiger partial charge in [-0.05, 0) is 20.4 Å². The van der Waals surface area contributed by atoms with Gasteiger partial charge >= 0.3 is 0 Å². The average Bonchev–Trinajstić information content (AvgIpc) is 2.59. The molecular formula is C17H33N3O4. The number of carbonyl (C=O) groups excluding carboxylic acids is 1. The zero-order valence-electron chi connectivity index (χ0n) is 15.5. The van der Waals surface area contributed by atoms with Crippen LogP contribution in [-0.4, -0.2) is 111 Å². The molecule has 0 bridgehead atoms. The molecule has 1 unspecified atom stereocenters. The van der Waals surface area contributed by atoms with Crippen LogP contribution in [0.25, 0.3) is 0 Å². The van der Waals surface area contributed by atoms with E-state index in [0.29, 0.717) is 25.7 Å². The first-order valence-electron chi connectivity index (χ1n) is 8.91. The highest BCUT2D eigenvalue weighted by Crippen LogP contribution is 2.18. The van der Waals surface area contributed by atoms with Gasteiger partial charge in [0, 0.05) is 52.8 Å². The first kappa shape index (κ1) is 19.6. The van der Waals surface area contributed by atoms with Gasteiger partial charge in [-0.3, -0.25) is 9.69 Å². The van der Waals surface area contributed by atoms with Crippen molar-refractivity contribution >= 4 is 5.91 Å². The maximum Gasteiger partial charge on any atom is 0.222 e. The number of piperazine rings is 1. The molecule has 140 valence electrons. The van der Waals surface area contributed by atoms with Crippen LogP contribution in [0, 0.1) is 0 Å². The molecule has 2 heterocycles. The summed E-state index contributed by atoms with van der Waals surface area (Å²) in [6.07, 6.45) is 0.255. The molecule has 0 radical (unpaired) electrons. The van der Waals surface area contributed by atoms with Gasteiger partial charge in [-0.2, -0.15) is 0 Å². The van der Waals surface area contributed by atoms with Crippen molar-refractivity contribution in [3.05, 3.63) is 0 Å². The Bertz CT molecular complexity index is 401. The Morgan fingerprint density at radius 1 is 1.33 bits per heavy atom. The molecule has 0 aliphatic carbocycles. The summed E-state index contributed by atoms with van der Waals surface area (Å²) in [5.41, 5.74) is 0. The Balaban J connectivity index is 1.78. The quantitative estimate of drug-likeness (QED) is 0.710. The van der Waals surface area contributed by atoms with Gasteiger partial charge in [0.25, 0.3) is 0 Å². The van der Waals surface area contributed by atoms with Crippen LogP contribution >= 0.6 is 0 Å². The maximum absolute atomic E-state index is 12.5. The van der Waals surface area contributed by atoms with E-state index in [9.17, 15) is 9.90 Å². The third-order valence-corrected chi connectivity index (χ3v) is 5.48. The molecule has 4 atom stereocenters. The minimum atomic E-state index is -0.701. The molecule has 0 spiro atoms. The molecule has 1 amide bonds. The summed E-state index contributed by atoms with van der Waals surface area (Å²) in [6.45, 7) is 7.22. The summed E-state index contributed by atoms with van der Waals surface area (Å²) in [6, 6.07) is 0.0606. The zero-order chi connectivity index (χ0) is 17.7. The van der Waals surface area contributed by atoms with E-state index in [4.69, 9.17) is 9.47 Å². The van der Waals surface area contributed by atoms with E-state index in [2.05, 4.69) is 23.8 Å². The molecular weight excluding hydrogens is 310 g/mol. The lowest BCUT2D eigenvalue weighted by molar-refractivity contribution is -0.158. The molecule has 2 fully saturated rings. The third kappa shape index (κ3) is 4.89. The Hall–Kier alpha value is -0.730. The maximum atomic E-state index is 12.5. The second-order valence-electron chi connectivity index (χ2n) is 7.10. The number of aliphatic hydroxyl groups excluding tert-OH is 1. The van der Waals surface area contributed by atoms with Gasteiger partial charge in [0.2, 0.25) is 5.91 Å². The van der Waals surface area contributed by atoms with E-state index in [-0.39, 0.29) is 18.1 Å². The van der Waals surface area contributed by atoms with E-state index >= 15 is 0 Å². The predicted octanol–water partition coefficient (Wildman–Crippen LogP) is -0.364. The van der Waals surface area contributed by atoms with Crippen molar-refractivity contribution in [1.82, 2.24) is 14.7 Å². The SMILES string of the molecule is CO[C@@H]1COC[C@@H](N(C)C(=O)CCC(C)N2CCN(C)CC2)[C@@H]1O. The fraction of sp³-hybridized carbons (Fsp3) is 0.941. The highest BCUT2D eigenvalue weighted by Gasteiger charge is 2.36. The van der Waals surface area contributed by atoms with Crippen LogP contribution in [0.15, 0.2) is 0 Å². The fourth-order valence-corrected chi connectivity index (χ4v) is 3.44. The molecule has 2 saturated heterocycles. The first-order chi connectivity index (χ1) is 11.4. The molecule has 2 aliphatic heterocycles. The minimum Gasteiger partial charge on any atom is -0.388 e. The largest absolute Gasteiger partial charge is 0.388 e. The van der Waals surface area contributed by atoms with Crippen LogP contribution < -0.4 is 0 Å². The number of rotatable bonds is 6. The monoisotopic (exact) mass is 343 g/mol. The topological polar surface area (TPSA) is 65.5 Å². The Labute approximate surface area is 145 Å². The average molecular weight is 343 g/mol. The van der Waals surface area contributed by atoms with E-state index in [0.717, 1.165) is 32.6 Å². The highest BCUT2D eigenvalue weighted by atomic mass is 16.5. The number of amides is 1. The minimum absolute atomic E-state index is 0.0559. The van der Waals surface area contributed by atoms with E-state index in [1.165, 1.54) is 0 Å². The zero-order valence-corrected chi connectivity index (χ0v) is 15.5. The Morgan fingerprint density at radius 2 is 2.00 bits per heavy atom. The molecule has 2 rings (SSSR count). The molecule has 1 N–H and O–H groups in total. The van der Waals surface area contributed by atoms with E-state index in [1.807, 2.05) is 0 Å². The summed E-state index contributed by atoms with van der Waals surface area (Å²) in [5, 5.41) is 10.3. The first-order valence-corrected chi connectivity index (χ1v) is 8.91. The van der Waals surface area contributed by atoms with Gasteiger partial charge in [-0.1, -0.05) is 0 Å². The summed E-state index contributed by atoms with van der Waals surface area (Å²) in [5.74, 6) is 0.0559. The van der Waals surface area contributed by atoms with Crippen molar-refractivity contribution in [3.63, 3.8) is 0 Å². The Kier molecular flexibility index (Phi) is 7.43. The van der Waals surface area contributed by atoms with Gasteiger partial charge in [-0.15, -0.1) is 0 Å². The van der Waals surface area contributed by atoms with Gasteiger partial charge < -0.3 is 24.4 Å². The predicted molar refractivity (Wildman–Crippen MR) is 91.9 cm³/mol. The fourth-order valence-electron chi connectivity index (χ4n) is 3.44. The number of hydrogen-bond donors (Lipinski definition) is 1. The molecule has 0 saturated carbocycles. The number of hydrogen-bond acceptors (Lipinski definition) is 6. The summed E-state index contributed by atoms with van der Waals surface area (Å²) < 4.78 is 10.7. The molecule has 0 aromatic heterocycles. The van der Waals surface area contributed by atoms with Gasteiger partial charge in [0.1, 0.15) is 12.2 Å². The lowest BCUT2D eigenvalue weighted by Crippen LogP contribution is -2.56. The van der Waals surface area contributed by atoms with E-state index < -0.39 is 6.10 Å². The molecule has 0 aromatic rings. The van der Waals surface area contributed by atoms with Crippen LogP contribution in [0.3, 0.4) is 0 Å². The lowest BCUT2D eigenvalue weighted by atomic mass is 10.0. The lowest BCUT2D eigenvalue weighted by Gasteiger charge is -2.39. The third-order valence-electron chi connectivity index (χ3n) is 5.48. The summed E-state index contributed by atoms with van der Waals surface area (Å²) in [7, 11) is 5.45. The second-order valence-corrected chi connectivity index (χ2v) is 7.10. The summed E-state index contributed by atoms with van der Waals surface area (Å²) >= 11 is 0. The molecule has 7 nitrogen and oxygen atoms in total. The smallest absolute Gasteiger partial charge is 0.222 e. The highest BCUT2D eigenvalue weighted by molar-refractivity contribution is 5.76. The van der Waals surface area contributed by atoms with Gasteiger partial charge in [-0.25, -0.2) is 0 Å². The van der Waals surface area contributed by atoms with Crippen LogP contribution in [0.2, 0.25) is 0 Å². The van der Waals surface area contributed by atoms with E-state index in [1.54, 1.807) is 19.1 Å². The van der Waals surface area contributed by atoms with Crippen LogP contribution in [0.4, 0.5) is 0 Å². The number of aliphatic hydroxyl groups is 1. The van der Waals surface area contributed by atoms with Crippen LogP contribution in [-0.2, 0) is 14.3 Å². The molecule has 24 heavy (non-hydrogen) atoms. The Morgan fingerprint density at radius 3 is 2.62 bits per heavy atom. The van der Waals surface area contributed by atoms with Crippen molar-refractivity contribution in [2.45, 2.75) is 44.1 Å². The van der Waals surface area contributed by atoms with Gasteiger partial charge in [0.15, 0.2) is 0 Å². The number of likely N-dealkylation sites (N-methyl/N-ethyl adjacent to an activating group) is 2. The number of ether oxygens (including phenoxy) is 2. The van der Waals surface area contributed by atoms with Crippen molar-refractivity contribution in [2.24, 2.45) is 0 Å². The van der Waals surface area contributed by atoms with Crippen LogP contribution in [0.5, 0.6) is 0 Å². The molecule has 0 aromatic carbocycles. The van der Waals surface area contributed by atoms with Crippen molar-refractivity contribution < 1.29 is 19.4 Å². The van der Waals surface area contributed by atoms with Gasteiger partial charge in [0.05, 0.1) is 19.3 Å². The standard InChI is InChI=1S/C17H33N3O4/c1-13(20-9-7-18(2)8-10-20)5-6-16(21)19(3)14-11-24-12-15(23-4)17(14)22/h13-15,17,22H,5-12H2,1-4H3/t13?,14-,15-,17+/m1/s1. The van der Waals surface area contributed by atoms with Crippen LogP contribution in [0.1, 0.15) is 19.8 Å². The number of nitrogens with zero attached hydrogens (tertiary/aromatic N) is 3. The summed E-state index contributed by atoms with van der Waals surface area (Å²) in [4.78, 5) is 18.9. The second kappa shape index (κ2) is 9.10. The van der Waals surface area contributed by atoms with Crippen molar-refractivity contribution in [1.29, 1.82) is 0 Å². The number of carbonyl (C=O) groups is 1. The number of methoxy groups -OCH3 is 1. The molecule has 7 heteroatoms. The molecule has 2 aliphatic rings. The normalized spacial score (nSPS) is 31.0.